The highest BCUT2D eigenvalue weighted by Crippen LogP contribution is 2.31. The third-order valence-corrected chi connectivity index (χ3v) is 12.6. The molecule has 4 aliphatic heterocycles. The number of carboxylic acids is 1. The van der Waals surface area contributed by atoms with Crippen LogP contribution in [0.15, 0.2) is 48.5 Å². The first-order valence-corrected chi connectivity index (χ1v) is 22.1. The van der Waals surface area contributed by atoms with Crippen molar-refractivity contribution in [1.82, 2.24) is 20.4 Å². The zero-order valence-electron chi connectivity index (χ0n) is 34.3. The van der Waals surface area contributed by atoms with Crippen LogP contribution < -0.4 is 10.6 Å². The van der Waals surface area contributed by atoms with Gasteiger partial charge in [0, 0.05) is 11.5 Å². The second-order valence-electron chi connectivity index (χ2n) is 15.4. The Kier molecular flexibility index (Phi) is 15.9. The minimum absolute atomic E-state index is 0.00558. The minimum Gasteiger partial charge on any atom is -0.480 e. The number of nitrogens with zero attached hydrogens (tertiary/aromatic N) is 2. The molecule has 4 heterocycles. The number of benzene rings is 2. The molecule has 0 radical (unpaired) electrons. The number of rotatable bonds is 16. The number of hydrogen-bond acceptors (Lipinski definition) is 15. The highest BCUT2D eigenvalue weighted by atomic mass is 32.2. The molecule has 0 bridgehead atoms. The summed E-state index contributed by atoms with van der Waals surface area (Å²) in [5.74, 6) is -3.20. The standard InChI is InChI=1S/C23H30N2O6S.C19H22N2O6S/c1-5-30-21(28)16-13-32-18(24-16)12-8-11-17(22(29)31-23(2,3)4)25-19(26)14-9-6-7-10-15(14)20(25)27;1-2-27-19(26)13-10-28-15(20-13)9-5-8-14(18(24)25)21-16(22)11-6-3-4-7-12(11)17(21)23/h6-7,9-10,16-18,24H,5,8,11-13H2,1-4H3;3-4,6-7,13-15,20H,2,5,8-10H2,1H3,(H,24,25)/t16?,17-,18?;13?,14-,15?/m00/s1. The first kappa shape index (κ1) is 46.3. The fraction of sp³-hybridized carbons (Fsp3) is 0.524. The van der Waals surface area contributed by atoms with E-state index in [9.17, 15) is 43.5 Å². The highest BCUT2D eigenvalue weighted by Gasteiger charge is 2.45. The van der Waals surface area contributed by atoms with Crippen LogP contribution in [0.25, 0.3) is 0 Å². The lowest BCUT2D eigenvalue weighted by Gasteiger charge is -2.29. The van der Waals surface area contributed by atoms with Crippen molar-refractivity contribution in [3.63, 3.8) is 0 Å². The van der Waals surface area contributed by atoms with E-state index < -0.39 is 53.3 Å². The van der Waals surface area contributed by atoms with Gasteiger partial charge in [0.1, 0.15) is 29.8 Å². The number of esters is 3. The van der Waals surface area contributed by atoms with Crippen molar-refractivity contribution < 1.29 is 57.7 Å². The number of carboxylic acid groups (broad SMARTS) is 1. The maximum absolute atomic E-state index is 13.0. The fourth-order valence-corrected chi connectivity index (χ4v) is 9.72. The molecular weight excluding hydrogens is 817 g/mol. The monoisotopic (exact) mass is 868 g/mol. The van der Waals surface area contributed by atoms with E-state index in [1.54, 1.807) is 94.5 Å². The van der Waals surface area contributed by atoms with Crippen molar-refractivity contribution in [1.29, 1.82) is 0 Å². The van der Waals surface area contributed by atoms with E-state index in [1.807, 2.05) is 0 Å². The van der Waals surface area contributed by atoms with Gasteiger partial charge in [-0.05, 0) is 97.4 Å². The third kappa shape index (κ3) is 11.1. The average molecular weight is 869 g/mol. The number of aliphatic carboxylic acids is 1. The van der Waals surface area contributed by atoms with Crippen LogP contribution in [0.1, 0.15) is 115 Å². The number of fused-ring (bicyclic) bond motifs is 2. The van der Waals surface area contributed by atoms with Crippen molar-refractivity contribution in [3.8, 4) is 0 Å². The largest absolute Gasteiger partial charge is 0.480 e. The molecule has 60 heavy (non-hydrogen) atoms. The highest BCUT2D eigenvalue weighted by molar-refractivity contribution is 8.00. The fourth-order valence-electron chi connectivity index (χ4n) is 7.22. The molecule has 3 N–H and O–H groups in total. The number of imide groups is 2. The van der Waals surface area contributed by atoms with Gasteiger partial charge in [-0.25, -0.2) is 9.59 Å². The van der Waals surface area contributed by atoms with Crippen LogP contribution in [0, 0.1) is 0 Å². The van der Waals surface area contributed by atoms with Crippen LogP contribution in [-0.4, -0.2) is 128 Å². The number of nitrogens with one attached hydrogen (secondary N) is 2. The van der Waals surface area contributed by atoms with Gasteiger partial charge in [0.2, 0.25) is 0 Å². The SMILES string of the molecule is CCOC(=O)C1CSC(CCC[C@@H](C(=O)O)N2C(=O)c3ccccc3C2=O)N1.CCOC(=O)C1CSC(CCC[C@@H](C(=O)OC(C)(C)C)N2C(=O)c3ccccc3C2=O)N1. The Bertz CT molecular complexity index is 1900. The first-order valence-electron chi connectivity index (χ1n) is 20.0. The second-order valence-corrected chi connectivity index (χ2v) is 17.9. The molecular formula is C42H52N4O12S2. The molecule has 0 aliphatic carbocycles. The van der Waals surface area contributed by atoms with Crippen molar-refractivity contribution in [2.45, 2.75) is 114 Å². The Balaban J connectivity index is 0.000000230. The van der Waals surface area contributed by atoms with Crippen LogP contribution in [-0.2, 0) is 33.4 Å². The normalized spacial score (nSPS) is 21.8. The van der Waals surface area contributed by atoms with Gasteiger partial charge < -0.3 is 19.3 Å². The van der Waals surface area contributed by atoms with Crippen molar-refractivity contribution in [3.05, 3.63) is 70.8 Å². The summed E-state index contributed by atoms with van der Waals surface area (Å²) < 4.78 is 15.6. The summed E-state index contributed by atoms with van der Waals surface area (Å²) in [4.78, 5) is 101. The van der Waals surface area contributed by atoms with E-state index in [4.69, 9.17) is 14.2 Å². The van der Waals surface area contributed by atoms with Crippen LogP contribution >= 0.6 is 23.5 Å². The predicted octanol–water partition coefficient (Wildman–Crippen LogP) is 4.26. The molecule has 0 spiro atoms. The molecule has 2 aromatic carbocycles. The quantitative estimate of drug-likeness (QED) is 0.122. The molecule has 2 aromatic rings. The van der Waals surface area contributed by atoms with E-state index in [0.717, 1.165) is 9.80 Å². The van der Waals surface area contributed by atoms with Crippen molar-refractivity contribution in [2.75, 3.05) is 24.7 Å². The minimum atomic E-state index is -1.21. The summed E-state index contributed by atoms with van der Waals surface area (Å²) in [5.41, 5.74) is 0.338. The van der Waals surface area contributed by atoms with Gasteiger partial charge in [-0.3, -0.25) is 49.2 Å². The predicted molar refractivity (Wildman–Crippen MR) is 222 cm³/mol. The Labute approximate surface area is 357 Å². The summed E-state index contributed by atoms with van der Waals surface area (Å²) in [6.07, 6.45) is 2.78. The topological polar surface area (TPSA) is 215 Å². The molecule has 6 rings (SSSR count). The lowest BCUT2D eigenvalue weighted by Crippen LogP contribution is -2.47. The van der Waals surface area contributed by atoms with Crippen LogP contribution in [0.3, 0.4) is 0 Å². The van der Waals surface area contributed by atoms with Gasteiger partial charge in [0.15, 0.2) is 0 Å². The molecule has 0 saturated carbocycles. The summed E-state index contributed by atoms with van der Waals surface area (Å²) in [6.45, 7) is 9.43. The molecule has 16 nitrogen and oxygen atoms in total. The Hall–Kier alpha value is -4.78. The van der Waals surface area contributed by atoms with E-state index in [2.05, 4.69) is 10.6 Å². The van der Waals surface area contributed by atoms with Gasteiger partial charge in [-0.2, -0.15) is 0 Å². The maximum atomic E-state index is 13.0. The van der Waals surface area contributed by atoms with Crippen LogP contribution in [0.5, 0.6) is 0 Å². The summed E-state index contributed by atoms with van der Waals surface area (Å²) in [6, 6.07) is 10.0. The lowest BCUT2D eigenvalue weighted by atomic mass is 10.1. The summed E-state index contributed by atoms with van der Waals surface area (Å²) in [5, 5.41) is 16.0. The average Bonchev–Trinajstić information content (AvgIpc) is 3.99. The van der Waals surface area contributed by atoms with Gasteiger partial charge in [-0.15, -0.1) is 23.5 Å². The van der Waals surface area contributed by atoms with E-state index in [1.165, 1.54) is 12.1 Å². The zero-order chi connectivity index (χ0) is 43.7. The van der Waals surface area contributed by atoms with E-state index >= 15 is 0 Å². The number of carbonyl (C=O) groups excluding carboxylic acids is 7. The Morgan fingerprint density at radius 3 is 1.40 bits per heavy atom. The third-order valence-electron chi connectivity index (χ3n) is 9.97. The number of carbonyl (C=O) groups is 8. The number of hydrogen-bond donors (Lipinski definition) is 3. The van der Waals surface area contributed by atoms with Crippen molar-refractivity contribution in [2.24, 2.45) is 0 Å². The molecule has 4 aliphatic rings. The summed E-state index contributed by atoms with van der Waals surface area (Å²) >= 11 is 3.20. The Morgan fingerprint density at radius 2 is 1.05 bits per heavy atom. The molecule has 2 fully saturated rings. The van der Waals surface area contributed by atoms with Gasteiger partial charge in [0.05, 0.1) is 46.2 Å². The molecule has 6 atom stereocenters. The molecule has 4 amide bonds. The lowest BCUT2D eigenvalue weighted by molar-refractivity contribution is -0.160. The first-order chi connectivity index (χ1) is 28.6. The van der Waals surface area contributed by atoms with Crippen LogP contribution in [0.2, 0.25) is 0 Å². The number of ether oxygens (including phenoxy) is 3. The molecule has 0 aromatic heterocycles. The van der Waals surface area contributed by atoms with Gasteiger partial charge >= 0.3 is 23.9 Å². The molecule has 4 unspecified atom stereocenters. The zero-order valence-corrected chi connectivity index (χ0v) is 35.9. The van der Waals surface area contributed by atoms with Gasteiger partial charge in [-0.1, -0.05) is 24.3 Å². The van der Waals surface area contributed by atoms with E-state index in [0.29, 0.717) is 61.5 Å². The van der Waals surface area contributed by atoms with Crippen LogP contribution in [0.4, 0.5) is 0 Å². The molecule has 18 heteroatoms. The summed E-state index contributed by atoms with van der Waals surface area (Å²) in [7, 11) is 0. The smallest absolute Gasteiger partial charge is 0.329 e. The van der Waals surface area contributed by atoms with Gasteiger partial charge in [0.25, 0.3) is 23.6 Å². The maximum Gasteiger partial charge on any atom is 0.329 e. The Morgan fingerprint density at radius 1 is 0.683 bits per heavy atom. The molecule has 324 valence electrons. The van der Waals surface area contributed by atoms with Crippen molar-refractivity contribution >= 4 is 71.0 Å². The van der Waals surface area contributed by atoms with E-state index in [-0.39, 0.29) is 58.7 Å². The molecule has 2 saturated heterocycles. The number of thioether (sulfide) groups is 2. The number of amides is 4. The second kappa shape index (κ2) is 20.7.